The molecule has 11 nitrogen and oxygen atoms in total. The van der Waals surface area contributed by atoms with Crippen molar-refractivity contribution in [1.29, 1.82) is 0 Å². The van der Waals surface area contributed by atoms with E-state index in [1.54, 1.807) is 11.7 Å². The fraction of sp³-hybridized carbons (Fsp3) is 0.524. The van der Waals surface area contributed by atoms with Crippen LogP contribution < -0.4 is 5.32 Å². The highest BCUT2D eigenvalue weighted by atomic mass is 32.2. The molecule has 2 saturated heterocycles. The van der Waals surface area contributed by atoms with Crippen molar-refractivity contribution in [2.75, 3.05) is 32.4 Å². The fourth-order valence-corrected chi connectivity index (χ4v) is 5.35. The number of rotatable bonds is 5. The molecule has 2 aromatic rings. The molecule has 3 aliphatic heterocycles. The number of carbonyl (C=O) groups is 2. The topological polar surface area (TPSA) is 112 Å². The number of aliphatic imine (C=N–C) groups is 1. The van der Waals surface area contributed by atoms with Crippen LogP contribution in [0, 0.1) is 0 Å². The SMILES string of the molecule is CN1C(=O)NC(=O)C2C1N=C(N1CCCCCC1)N2CCSc1nnnn1-c1ccccc1. The molecule has 3 aliphatic rings. The number of tetrazole rings is 1. The molecule has 5 rings (SSSR count). The number of benzene rings is 1. The van der Waals surface area contributed by atoms with Crippen LogP contribution in [0.5, 0.6) is 0 Å². The lowest BCUT2D eigenvalue weighted by molar-refractivity contribution is -0.127. The molecule has 4 heterocycles. The van der Waals surface area contributed by atoms with Gasteiger partial charge in [0.15, 0.2) is 18.2 Å². The molecule has 0 aliphatic carbocycles. The van der Waals surface area contributed by atoms with E-state index in [4.69, 9.17) is 4.99 Å². The van der Waals surface area contributed by atoms with Crippen LogP contribution in [0.1, 0.15) is 25.7 Å². The minimum Gasteiger partial charge on any atom is -0.343 e. The summed E-state index contributed by atoms with van der Waals surface area (Å²) in [7, 11) is 1.69. The van der Waals surface area contributed by atoms with Crippen molar-refractivity contribution >= 4 is 29.7 Å². The highest BCUT2D eigenvalue weighted by Gasteiger charge is 2.49. The van der Waals surface area contributed by atoms with Gasteiger partial charge in [-0.2, -0.15) is 4.68 Å². The number of likely N-dealkylation sites (N-methyl/N-ethyl adjacent to an activating group) is 1. The molecule has 2 fully saturated rings. The summed E-state index contributed by atoms with van der Waals surface area (Å²) in [6.45, 7) is 2.40. The zero-order chi connectivity index (χ0) is 22.8. The van der Waals surface area contributed by atoms with Crippen LogP contribution in [0.2, 0.25) is 0 Å². The lowest BCUT2D eigenvalue weighted by Gasteiger charge is -2.37. The summed E-state index contributed by atoms with van der Waals surface area (Å²) < 4.78 is 1.71. The van der Waals surface area contributed by atoms with Gasteiger partial charge in [-0.05, 0) is 35.4 Å². The fourth-order valence-electron chi connectivity index (χ4n) is 4.52. The van der Waals surface area contributed by atoms with Crippen molar-refractivity contribution in [3.05, 3.63) is 30.3 Å². The lowest BCUT2D eigenvalue weighted by Crippen LogP contribution is -2.64. The molecule has 1 aromatic heterocycles. The highest BCUT2D eigenvalue weighted by molar-refractivity contribution is 7.99. The first-order valence-corrected chi connectivity index (χ1v) is 12.3. The van der Waals surface area contributed by atoms with E-state index in [2.05, 4.69) is 30.6 Å². The lowest BCUT2D eigenvalue weighted by atomic mass is 10.1. The smallest absolute Gasteiger partial charge is 0.325 e. The number of nitrogens with zero attached hydrogens (tertiary/aromatic N) is 8. The number of carbonyl (C=O) groups excluding carboxylic acids is 2. The third-order valence-corrected chi connectivity index (χ3v) is 7.13. The van der Waals surface area contributed by atoms with Crippen LogP contribution in [0.25, 0.3) is 5.69 Å². The van der Waals surface area contributed by atoms with E-state index in [9.17, 15) is 9.59 Å². The average Bonchev–Trinajstić information content (AvgIpc) is 3.35. The normalized spacial score (nSPS) is 23.3. The van der Waals surface area contributed by atoms with Gasteiger partial charge in [0.2, 0.25) is 5.16 Å². The Labute approximate surface area is 196 Å². The molecule has 0 bridgehead atoms. The summed E-state index contributed by atoms with van der Waals surface area (Å²) >= 11 is 1.53. The highest BCUT2D eigenvalue weighted by Crippen LogP contribution is 2.28. The summed E-state index contributed by atoms with van der Waals surface area (Å²) in [5.41, 5.74) is 0.893. The predicted octanol–water partition coefficient (Wildman–Crippen LogP) is 1.18. The Morgan fingerprint density at radius 1 is 1.09 bits per heavy atom. The van der Waals surface area contributed by atoms with Gasteiger partial charge in [-0.25, -0.2) is 9.79 Å². The third-order valence-electron chi connectivity index (χ3n) is 6.23. The minimum atomic E-state index is -0.531. The number of amides is 3. The average molecular weight is 470 g/mol. The van der Waals surface area contributed by atoms with Gasteiger partial charge in [-0.1, -0.05) is 42.8 Å². The number of likely N-dealkylation sites (tertiary alicyclic amines) is 1. The Morgan fingerprint density at radius 2 is 1.85 bits per heavy atom. The maximum absolute atomic E-state index is 12.8. The zero-order valence-electron chi connectivity index (χ0n) is 18.5. The van der Waals surface area contributed by atoms with Crippen LogP contribution >= 0.6 is 11.8 Å². The van der Waals surface area contributed by atoms with Crippen LogP contribution in [0.4, 0.5) is 4.79 Å². The molecular weight excluding hydrogens is 442 g/mol. The van der Waals surface area contributed by atoms with Gasteiger partial charge < -0.3 is 14.7 Å². The molecule has 2 unspecified atom stereocenters. The number of fused-ring (bicyclic) bond motifs is 1. The summed E-state index contributed by atoms with van der Waals surface area (Å²) in [4.78, 5) is 35.8. The van der Waals surface area contributed by atoms with Gasteiger partial charge in [0.05, 0.1) is 5.69 Å². The predicted molar refractivity (Wildman–Crippen MR) is 123 cm³/mol. The number of nitrogens with one attached hydrogen (secondary N) is 1. The molecule has 3 amide bonds. The number of imide groups is 1. The second-order valence-corrected chi connectivity index (χ2v) is 9.41. The van der Waals surface area contributed by atoms with Crippen LogP contribution in [-0.2, 0) is 4.79 Å². The van der Waals surface area contributed by atoms with Crippen molar-refractivity contribution in [2.24, 2.45) is 4.99 Å². The Balaban J connectivity index is 1.34. The summed E-state index contributed by atoms with van der Waals surface area (Å²) in [5, 5.41) is 15.3. The van der Waals surface area contributed by atoms with E-state index in [0.717, 1.165) is 37.6 Å². The van der Waals surface area contributed by atoms with Gasteiger partial charge >= 0.3 is 6.03 Å². The molecule has 0 radical (unpaired) electrons. The third kappa shape index (κ3) is 4.26. The van der Waals surface area contributed by atoms with Crippen LogP contribution in [0.15, 0.2) is 40.5 Å². The quantitative estimate of drug-likeness (QED) is 0.650. The number of guanidine groups is 1. The van der Waals surface area contributed by atoms with E-state index in [1.165, 1.54) is 29.5 Å². The zero-order valence-corrected chi connectivity index (χ0v) is 19.3. The second-order valence-electron chi connectivity index (χ2n) is 8.34. The molecule has 1 N–H and O–H groups in total. The summed E-state index contributed by atoms with van der Waals surface area (Å²) in [6.07, 6.45) is 4.10. The first-order valence-electron chi connectivity index (χ1n) is 11.3. The Kier molecular flexibility index (Phi) is 6.16. The van der Waals surface area contributed by atoms with E-state index >= 15 is 0 Å². The van der Waals surface area contributed by atoms with Crippen LogP contribution in [0.3, 0.4) is 0 Å². The molecular formula is C21H27N9O2S. The number of thioether (sulfide) groups is 1. The standard InChI is InChI=1S/C21H27N9O2S/c1-27-17-16(18(31)23-20(27)32)29(19(22-17)28-11-7-2-3-8-12-28)13-14-33-21-24-25-26-30(21)15-9-5-4-6-10-15/h4-6,9-10,16-17H,2-3,7-8,11-14H2,1H3,(H,23,31,32). The van der Waals surface area contributed by atoms with Gasteiger partial charge in [0.1, 0.15) is 0 Å². The summed E-state index contributed by atoms with van der Waals surface area (Å²) in [5.74, 6) is 1.18. The van der Waals surface area contributed by atoms with E-state index < -0.39 is 18.2 Å². The Hall–Kier alpha value is -3.15. The molecule has 174 valence electrons. The van der Waals surface area contributed by atoms with Gasteiger partial charge in [-0.15, -0.1) is 5.10 Å². The van der Waals surface area contributed by atoms with Gasteiger partial charge in [0.25, 0.3) is 5.91 Å². The molecule has 2 atom stereocenters. The number of hydrogen-bond acceptors (Lipinski definition) is 9. The molecule has 0 spiro atoms. The Bertz CT molecular complexity index is 1040. The first kappa shape index (κ1) is 21.7. The van der Waals surface area contributed by atoms with Crippen molar-refractivity contribution in [2.45, 2.75) is 43.0 Å². The molecule has 0 saturated carbocycles. The molecule has 1 aromatic carbocycles. The van der Waals surface area contributed by atoms with Crippen molar-refractivity contribution in [1.82, 2.24) is 40.2 Å². The second kappa shape index (κ2) is 9.38. The molecule has 12 heteroatoms. The van der Waals surface area contributed by atoms with Gasteiger partial charge in [-0.3, -0.25) is 10.1 Å². The molecule has 33 heavy (non-hydrogen) atoms. The number of hydrogen-bond donors (Lipinski definition) is 1. The van der Waals surface area contributed by atoms with Crippen molar-refractivity contribution in [3.63, 3.8) is 0 Å². The van der Waals surface area contributed by atoms with Crippen LogP contribution in [-0.4, -0.2) is 97.4 Å². The summed E-state index contributed by atoms with van der Waals surface area (Å²) in [6, 6.07) is 8.81. The van der Waals surface area contributed by atoms with Crippen molar-refractivity contribution < 1.29 is 9.59 Å². The minimum absolute atomic E-state index is 0.296. The van der Waals surface area contributed by atoms with E-state index in [-0.39, 0.29) is 5.91 Å². The van der Waals surface area contributed by atoms with E-state index in [1.807, 2.05) is 30.3 Å². The number of aromatic nitrogens is 4. The number of urea groups is 1. The monoisotopic (exact) mass is 469 g/mol. The largest absolute Gasteiger partial charge is 0.343 e. The van der Waals surface area contributed by atoms with E-state index in [0.29, 0.717) is 17.5 Å². The maximum Gasteiger partial charge on any atom is 0.325 e. The van der Waals surface area contributed by atoms with Crippen molar-refractivity contribution in [3.8, 4) is 5.69 Å². The Morgan fingerprint density at radius 3 is 2.61 bits per heavy atom. The maximum atomic E-state index is 12.8. The number of para-hydroxylation sites is 1. The van der Waals surface area contributed by atoms with Gasteiger partial charge in [0, 0.05) is 32.4 Å². The first-order chi connectivity index (χ1) is 16.1.